The number of hydrogen-bond donors (Lipinski definition) is 1. The van der Waals surface area contributed by atoms with E-state index in [1.807, 2.05) is 13.8 Å². The number of thiazole rings is 1. The normalized spacial score (nSPS) is 10.5. The van der Waals surface area contributed by atoms with Crippen LogP contribution >= 0.6 is 22.9 Å². The van der Waals surface area contributed by atoms with Gasteiger partial charge in [-0.2, -0.15) is 0 Å². The predicted octanol–water partition coefficient (Wildman–Crippen LogP) is 2.78. The van der Waals surface area contributed by atoms with Gasteiger partial charge in [-0.3, -0.25) is 9.78 Å². The van der Waals surface area contributed by atoms with E-state index >= 15 is 0 Å². The molecule has 0 unspecified atom stereocenters. The fourth-order valence-corrected chi connectivity index (χ4v) is 2.81. The third kappa shape index (κ3) is 3.75. The maximum Gasteiger partial charge on any atom is 0.269 e. The van der Waals surface area contributed by atoms with Gasteiger partial charge < -0.3 is 5.32 Å². The summed E-state index contributed by atoms with van der Waals surface area (Å²) in [4.78, 5) is 21.4. The van der Waals surface area contributed by atoms with Crippen molar-refractivity contribution in [2.24, 2.45) is 0 Å². The standard InChI is InChI=1S/C13H14ClN3OS/c1-8-12(19-9(2)17-8)4-6-16-13(18)11-7-10(14)3-5-15-11/h3,5,7H,4,6H2,1-2H3,(H,16,18). The molecule has 0 saturated carbocycles. The summed E-state index contributed by atoms with van der Waals surface area (Å²) in [6.07, 6.45) is 2.30. The summed E-state index contributed by atoms with van der Waals surface area (Å²) in [6.45, 7) is 4.53. The second kappa shape index (κ2) is 6.12. The van der Waals surface area contributed by atoms with Gasteiger partial charge in [0.05, 0.1) is 10.7 Å². The van der Waals surface area contributed by atoms with E-state index in [2.05, 4.69) is 15.3 Å². The summed E-state index contributed by atoms with van der Waals surface area (Å²) in [5, 5.41) is 4.39. The summed E-state index contributed by atoms with van der Waals surface area (Å²) >= 11 is 7.48. The highest BCUT2D eigenvalue weighted by molar-refractivity contribution is 7.11. The molecule has 0 aromatic carbocycles. The van der Waals surface area contributed by atoms with Crippen LogP contribution in [0.25, 0.3) is 0 Å². The Labute approximate surface area is 120 Å². The van der Waals surface area contributed by atoms with E-state index in [0.717, 1.165) is 17.1 Å². The molecule has 2 heterocycles. The van der Waals surface area contributed by atoms with E-state index in [9.17, 15) is 4.79 Å². The Morgan fingerprint density at radius 3 is 2.89 bits per heavy atom. The van der Waals surface area contributed by atoms with E-state index < -0.39 is 0 Å². The predicted molar refractivity (Wildman–Crippen MR) is 76.9 cm³/mol. The number of hydrogen-bond acceptors (Lipinski definition) is 4. The van der Waals surface area contributed by atoms with Gasteiger partial charge in [-0.05, 0) is 26.0 Å². The molecule has 0 bridgehead atoms. The van der Waals surface area contributed by atoms with Crippen LogP contribution in [0.4, 0.5) is 0 Å². The van der Waals surface area contributed by atoms with Crippen molar-refractivity contribution in [1.29, 1.82) is 0 Å². The second-order valence-corrected chi connectivity index (χ2v) is 5.83. The molecule has 0 radical (unpaired) electrons. The van der Waals surface area contributed by atoms with Gasteiger partial charge in [0.25, 0.3) is 5.91 Å². The Bertz CT molecular complexity index is 597. The molecule has 1 amide bonds. The summed E-state index contributed by atoms with van der Waals surface area (Å²) in [7, 11) is 0. The Kier molecular flexibility index (Phi) is 4.50. The van der Waals surface area contributed by atoms with Gasteiger partial charge >= 0.3 is 0 Å². The Morgan fingerprint density at radius 2 is 2.26 bits per heavy atom. The molecule has 19 heavy (non-hydrogen) atoms. The number of aromatic nitrogens is 2. The molecule has 0 fully saturated rings. The van der Waals surface area contributed by atoms with E-state index in [4.69, 9.17) is 11.6 Å². The molecular formula is C13H14ClN3OS. The zero-order valence-corrected chi connectivity index (χ0v) is 12.3. The van der Waals surface area contributed by atoms with Gasteiger partial charge in [-0.1, -0.05) is 11.6 Å². The molecule has 0 atom stereocenters. The van der Waals surface area contributed by atoms with Gasteiger partial charge in [0.1, 0.15) is 5.69 Å². The molecule has 2 aromatic rings. The number of rotatable bonds is 4. The van der Waals surface area contributed by atoms with E-state index in [-0.39, 0.29) is 5.91 Å². The van der Waals surface area contributed by atoms with Gasteiger partial charge in [-0.15, -0.1) is 11.3 Å². The number of nitrogens with one attached hydrogen (secondary N) is 1. The van der Waals surface area contributed by atoms with Crippen LogP contribution in [-0.2, 0) is 6.42 Å². The van der Waals surface area contributed by atoms with Crippen molar-refractivity contribution in [1.82, 2.24) is 15.3 Å². The van der Waals surface area contributed by atoms with Crippen LogP contribution in [0.15, 0.2) is 18.3 Å². The highest BCUT2D eigenvalue weighted by Gasteiger charge is 2.08. The first kappa shape index (κ1) is 14.0. The molecule has 100 valence electrons. The monoisotopic (exact) mass is 295 g/mol. The number of aryl methyl sites for hydroxylation is 2. The van der Waals surface area contributed by atoms with Crippen molar-refractivity contribution in [2.75, 3.05) is 6.54 Å². The molecule has 6 heteroatoms. The van der Waals surface area contributed by atoms with Gasteiger partial charge in [0.15, 0.2) is 0 Å². The van der Waals surface area contributed by atoms with E-state index in [1.165, 1.54) is 11.1 Å². The molecule has 2 rings (SSSR count). The van der Waals surface area contributed by atoms with Crippen LogP contribution in [0, 0.1) is 13.8 Å². The molecule has 1 N–H and O–H groups in total. The number of carbonyl (C=O) groups excluding carboxylic acids is 1. The summed E-state index contributed by atoms with van der Waals surface area (Å²) in [5.41, 5.74) is 1.38. The lowest BCUT2D eigenvalue weighted by Gasteiger charge is -2.04. The molecule has 2 aromatic heterocycles. The van der Waals surface area contributed by atoms with Crippen molar-refractivity contribution < 1.29 is 4.79 Å². The van der Waals surface area contributed by atoms with Gasteiger partial charge in [0.2, 0.25) is 0 Å². The summed E-state index contributed by atoms with van der Waals surface area (Å²) < 4.78 is 0. The fraction of sp³-hybridized carbons (Fsp3) is 0.308. The number of pyridine rings is 1. The third-order valence-electron chi connectivity index (χ3n) is 2.59. The molecule has 0 spiro atoms. The lowest BCUT2D eigenvalue weighted by Crippen LogP contribution is -2.26. The van der Waals surface area contributed by atoms with Gasteiger partial charge in [0, 0.05) is 29.1 Å². The number of nitrogens with zero attached hydrogens (tertiary/aromatic N) is 2. The molecular weight excluding hydrogens is 282 g/mol. The van der Waals surface area contributed by atoms with Crippen molar-refractivity contribution in [3.8, 4) is 0 Å². The lowest BCUT2D eigenvalue weighted by molar-refractivity contribution is 0.0949. The maximum absolute atomic E-state index is 11.8. The average Bonchev–Trinajstić information content (AvgIpc) is 2.68. The number of halogens is 1. The van der Waals surface area contributed by atoms with Crippen LogP contribution in [0.2, 0.25) is 5.02 Å². The van der Waals surface area contributed by atoms with Crippen molar-refractivity contribution in [3.63, 3.8) is 0 Å². The van der Waals surface area contributed by atoms with Crippen LogP contribution < -0.4 is 5.32 Å². The Hall–Kier alpha value is -1.46. The molecule has 0 aliphatic rings. The zero-order chi connectivity index (χ0) is 13.8. The largest absolute Gasteiger partial charge is 0.350 e. The summed E-state index contributed by atoms with van der Waals surface area (Å²) in [5.74, 6) is -0.207. The first-order chi connectivity index (χ1) is 9.06. The molecule has 0 saturated heterocycles. The molecule has 0 aliphatic carbocycles. The topological polar surface area (TPSA) is 54.9 Å². The van der Waals surface area contributed by atoms with Crippen LogP contribution in [-0.4, -0.2) is 22.4 Å². The lowest BCUT2D eigenvalue weighted by atomic mass is 10.3. The average molecular weight is 296 g/mol. The first-order valence-electron chi connectivity index (χ1n) is 5.89. The number of carbonyl (C=O) groups is 1. The minimum absolute atomic E-state index is 0.207. The van der Waals surface area contributed by atoms with Gasteiger partial charge in [-0.25, -0.2) is 4.98 Å². The Morgan fingerprint density at radius 1 is 1.47 bits per heavy atom. The van der Waals surface area contributed by atoms with Crippen molar-refractivity contribution >= 4 is 28.8 Å². The summed E-state index contributed by atoms with van der Waals surface area (Å²) in [6, 6.07) is 3.20. The van der Waals surface area contributed by atoms with Crippen LogP contribution in [0.1, 0.15) is 26.1 Å². The van der Waals surface area contributed by atoms with Crippen LogP contribution in [0.5, 0.6) is 0 Å². The van der Waals surface area contributed by atoms with Crippen molar-refractivity contribution in [2.45, 2.75) is 20.3 Å². The molecule has 4 nitrogen and oxygen atoms in total. The van der Waals surface area contributed by atoms with Crippen molar-refractivity contribution in [3.05, 3.63) is 44.6 Å². The van der Waals surface area contributed by atoms with E-state index in [1.54, 1.807) is 23.5 Å². The minimum atomic E-state index is -0.207. The SMILES string of the molecule is Cc1nc(C)c(CCNC(=O)c2cc(Cl)ccn2)s1. The Balaban J connectivity index is 1.89. The van der Waals surface area contributed by atoms with E-state index in [0.29, 0.717) is 17.3 Å². The third-order valence-corrected chi connectivity index (χ3v) is 3.96. The minimum Gasteiger partial charge on any atom is -0.350 e. The number of amides is 1. The highest BCUT2D eigenvalue weighted by atomic mass is 35.5. The van der Waals surface area contributed by atoms with Crippen LogP contribution in [0.3, 0.4) is 0 Å². The quantitative estimate of drug-likeness (QED) is 0.943. The smallest absolute Gasteiger partial charge is 0.269 e. The molecule has 0 aliphatic heterocycles. The first-order valence-corrected chi connectivity index (χ1v) is 7.08. The maximum atomic E-state index is 11.8. The highest BCUT2D eigenvalue weighted by Crippen LogP contribution is 2.17. The zero-order valence-electron chi connectivity index (χ0n) is 10.7. The second-order valence-electron chi connectivity index (χ2n) is 4.11. The fourth-order valence-electron chi connectivity index (χ4n) is 1.71.